The summed E-state index contributed by atoms with van der Waals surface area (Å²) in [5.41, 5.74) is 6.06. The van der Waals surface area contributed by atoms with Crippen molar-refractivity contribution in [3.63, 3.8) is 0 Å². The third-order valence-electron chi connectivity index (χ3n) is 7.94. The largest absolute Gasteiger partial charge is 0.445 e. The van der Waals surface area contributed by atoms with Crippen molar-refractivity contribution in [1.29, 1.82) is 0 Å². The van der Waals surface area contributed by atoms with E-state index in [1.54, 1.807) is 45.0 Å². The maximum Gasteiger partial charge on any atom is 0.426 e. The molecule has 3 aromatic rings. The Morgan fingerprint density at radius 3 is 1.32 bits per heavy atom. The molecule has 6 N–H and O–H groups in total. The molecule has 0 spiro atoms. The highest BCUT2D eigenvalue weighted by Crippen LogP contribution is 2.09. The van der Waals surface area contributed by atoms with Gasteiger partial charge in [0.1, 0.15) is 37.5 Å². The van der Waals surface area contributed by atoms with E-state index in [-0.39, 0.29) is 45.8 Å². The normalized spacial score (nSPS) is 11.8. The Kier molecular flexibility index (Phi) is 19.7. The Bertz CT molecular complexity index is 1690. The predicted octanol–water partition coefficient (Wildman–Crippen LogP) is 5.52. The molecule has 0 saturated carbocycles. The molecule has 0 aliphatic heterocycles. The van der Waals surface area contributed by atoms with Crippen LogP contribution in [-0.4, -0.2) is 67.0 Å². The number of rotatable bonds is 20. The van der Waals surface area contributed by atoms with E-state index in [9.17, 15) is 28.8 Å². The van der Waals surface area contributed by atoms with Crippen molar-refractivity contribution in [2.75, 3.05) is 13.1 Å². The summed E-state index contributed by atoms with van der Waals surface area (Å²) in [4.78, 5) is 76.5. The Balaban J connectivity index is 1.58. The van der Waals surface area contributed by atoms with Crippen LogP contribution in [0.3, 0.4) is 0 Å². The molecule has 0 bridgehead atoms. The van der Waals surface area contributed by atoms with Gasteiger partial charge in [0.25, 0.3) is 5.91 Å². The van der Waals surface area contributed by atoms with E-state index in [0.717, 1.165) is 16.7 Å². The first-order chi connectivity index (χ1) is 27.4. The molecule has 0 aromatic heterocycles. The summed E-state index contributed by atoms with van der Waals surface area (Å²) in [5.74, 6) is -1.42. The minimum atomic E-state index is -1.16. The summed E-state index contributed by atoms with van der Waals surface area (Å²) in [7, 11) is 0. The summed E-state index contributed by atoms with van der Waals surface area (Å²) < 4.78 is 21.0. The lowest BCUT2D eigenvalue weighted by atomic mass is 10.1. The SMILES string of the molecule is CC(C)(C)OC(=O)NNC(=O)[C@H](CCCCNC(=O)OCc1ccccc1)NC(=O)[C@H](CCCCNC(=O)OCc1ccccc1)NC(=O)OCc1ccccc1. The van der Waals surface area contributed by atoms with Crippen LogP contribution < -0.4 is 32.1 Å². The summed E-state index contributed by atoms with van der Waals surface area (Å²) in [6.07, 6.45) is -1.09. The van der Waals surface area contributed by atoms with Crippen LogP contribution in [0.4, 0.5) is 19.2 Å². The van der Waals surface area contributed by atoms with E-state index in [4.69, 9.17) is 18.9 Å². The number of carbonyl (C=O) groups excluding carboxylic acids is 6. The second-order valence-corrected chi connectivity index (χ2v) is 13.9. The topological polar surface area (TPSA) is 212 Å². The van der Waals surface area contributed by atoms with Crippen LogP contribution in [0.5, 0.6) is 0 Å². The minimum Gasteiger partial charge on any atom is -0.445 e. The van der Waals surface area contributed by atoms with Crippen molar-refractivity contribution in [3.8, 4) is 0 Å². The van der Waals surface area contributed by atoms with Gasteiger partial charge in [0.05, 0.1) is 0 Å². The molecule has 16 nitrogen and oxygen atoms in total. The molecular formula is C41H54N6O10. The molecule has 57 heavy (non-hydrogen) atoms. The lowest BCUT2D eigenvalue weighted by molar-refractivity contribution is -0.130. The maximum absolute atomic E-state index is 13.7. The minimum absolute atomic E-state index is 0.0365. The number of unbranched alkanes of at least 4 members (excludes halogenated alkanes) is 2. The van der Waals surface area contributed by atoms with Crippen molar-refractivity contribution in [2.45, 2.75) is 96.8 Å². The molecule has 0 radical (unpaired) electrons. The van der Waals surface area contributed by atoms with Gasteiger partial charge >= 0.3 is 24.4 Å². The molecular weight excluding hydrogens is 736 g/mol. The fraction of sp³-hybridized carbons (Fsp3) is 0.415. The van der Waals surface area contributed by atoms with Crippen LogP contribution in [0.1, 0.15) is 76.0 Å². The second-order valence-electron chi connectivity index (χ2n) is 13.9. The predicted molar refractivity (Wildman–Crippen MR) is 210 cm³/mol. The van der Waals surface area contributed by atoms with Gasteiger partial charge < -0.3 is 40.2 Å². The summed E-state index contributed by atoms with van der Waals surface area (Å²) >= 11 is 0. The number of nitrogens with one attached hydrogen (secondary N) is 6. The van der Waals surface area contributed by atoms with E-state index in [1.165, 1.54) is 0 Å². The molecule has 3 rings (SSSR count). The zero-order valence-corrected chi connectivity index (χ0v) is 32.7. The van der Waals surface area contributed by atoms with Crippen LogP contribution in [0.15, 0.2) is 91.0 Å². The van der Waals surface area contributed by atoms with Crippen LogP contribution in [0, 0.1) is 0 Å². The molecule has 0 fully saturated rings. The number of carbonyl (C=O) groups is 6. The summed E-state index contributed by atoms with van der Waals surface area (Å²) in [6.45, 7) is 5.65. The van der Waals surface area contributed by atoms with E-state index < -0.39 is 53.9 Å². The lowest BCUT2D eigenvalue weighted by Crippen LogP contribution is -2.56. The highest BCUT2D eigenvalue weighted by Gasteiger charge is 2.28. The Labute approximate surface area is 333 Å². The fourth-order valence-electron chi connectivity index (χ4n) is 5.10. The molecule has 2 atom stereocenters. The zero-order valence-electron chi connectivity index (χ0n) is 32.7. The monoisotopic (exact) mass is 790 g/mol. The number of hydrogen-bond acceptors (Lipinski definition) is 10. The van der Waals surface area contributed by atoms with Gasteiger partial charge in [-0.2, -0.15) is 0 Å². The number of ether oxygens (including phenoxy) is 4. The standard InChI is InChI=1S/C41H54N6O10/c1-41(2,3)57-40(53)47-46-36(49)34(24-14-16-26-43-38(51)55-28-31-19-9-5-10-20-31)44-35(48)33(45-39(52)56-29-32-21-11-6-12-22-32)23-13-15-25-42-37(50)54-27-30-17-7-4-8-18-30/h4-12,17-22,33-34H,13-16,23-29H2,1-3H3,(H,42,50)(H,43,51)(H,44,48)(H,45,52)(H,46,49)(H,47,53)/t33-,34-/m0/s1. The average Bonchev–Trinajstić information content (AvgIpc) is 3.19. The van der Waals surface area contributed by atoms with Crippen LogP contribution in [0.25, 0.3) is 0 Å². The van der Waals surface area contributed by atoms with Gasteiger partial charge in [0.2, 0.25) is 5.91 Å². The molecule has 0 aliphatic rings. The molecule has 6 amide bonds. The van der Waals surface area contributed by atoms with Crippen molar-refractivity contribution < 1.29 is 47.7 Å². The van der Waals surface area contributed by atoms with Gasteiger partial charge in [-0.1, -0.05) is 91.0 Å². The van der Waals surface area contributed by atoms with Gasteiger partial charge in [-0.05, 0) is 76.0 Å². The van der Waals surface area contributed by atoms with E-state index in [0.29, 0.717) is 25.7 Å². The van der Waals surface area contributed by atoms with Crippen molar-refractivity contribution in [3.05, 3.63) is 108 Å². The number of benzene rings is 3. The second kappa shape index (κ2) is 25.0. The quantitative estimate of drug-likeness (QED) is 0.0480. The van der Waals surface area contributed by atoms with Gasteiger partial charge in [-0.25, -0.2) is 24.6 Å². The highest BCUT2D eigenvalue weighted by atomic mass is 16.6. The Morgan fingerprint density at radius 1 is 0.491 bits per heavy atom. The van der Waals surface area contributed by atoms with Gasteiger partial charge in [0, 0.05) is 13.1 Å². The number of alkyl carbamates (subject to hydrolysis) is 3. The molecule has 0 unspecified atom stereocenters. The van der Waals surface area contributed by atoms with Crippen molar-refractivity contribution in [2.24, 2.45) is 0 Å². The molecule has 308 valence electrons. The van der Waals surface area contributed by atoms with Crippen LogP contribution >= 0.6 is 0 Å². The molecule has 0 aliphatic carbocycles. The Morgan fingerprint density at radius 2 is 0.895 bits per heavy atom. The van der Waals surface area contributed by atoms with Gasteiger partial charge in [-0.3, -0.25) is 15.0 Å². The third kappa shape index (κ3) is 20.3. The van der Waals surface area contributed by atoms with Gasteiger partial charge in [0.15, 0.2) is 0 Å². The average molecular weight is 791 g/mol. The first-order valence-electron chi connectivity index (χ1n) is 18.8. The molecule has 16 heteroatoms. The van der Waals surface area contributed by atoms with Crippen molar-refractivity contribution >= 4 is 36.2 Å². The summed E-state index contributed by atoms with van der Waals surface area (Å²) in [5, 5.41) is 10.6. The van der Waals surface area contributed by atoms with E-state index >= 15 is 0 Å². The molecule has 0 saturated heterocycles. The maximum atomic E-state index is 13.7. The molecule has 3 aromatic carbocycles. The van der Waals surface area contributed by atoms with E-state index in [1.807, 2.05) is 66.7 Å². The van der Waals surface area contributed by atoms with Crippen LogP contribution in [-0.2, 0) is 48.4 Å². The number of hydrazine groups is 1. The number of hydrogen-bond donors (Lipinski definition) is 6. The highest BCUT2D eigenvalue weighted by molar-refractivity contribution is 5.91. The Hall–Kier alpha value is -6.32. The summed E-state index contributed by atoms with van der Waals surface area (Å²) in [6, 6.07) is 25.1. The first-order valence-corrected chi connectivity index (χ1v) is 18.8. The van der Waals surface area contributed by atoms with E-state index in [2.05, 4.69) is 32.1 Å². The van der Waals surface area contributed by atoms with Crippen LogP contribution in [0.2, 0.25) is 0 Å². The zero-order chi connectivity index (χ0) is 41.3. The molecule has 0 heterocycles. The fourth-order valence-corrected chi connectivity index (χ4v) is 5.10. The number of amides is 6. The smallest absolute Gasteiger partial charge is 0.426 e. The van der Waals surface area contributed by atoms with Gasteiger partial charge in [-0.15, -0.1) is 0 Å². The first kappa shape index (κ1) is 45.1. The lowest BCUT2D eigenvalue weighted by Gasteiger charge is -2.24. The van der Waals surface area contributed by atoms with Crippen molar-refractivity contribution in [1.82, 2.24) is 32.1 Å². The third-order valence-corrected chi connectivity index (χ3v) is 7.94.